The molecule has 5 heteroatoms. The van der Waals surface area contributed by atoms with Gasteiger partial charge in [0.15, 0.2) is 0 Å². The van der Waals surface area contributed by atoms with Crippen molar-refractivity contribution >= 4 is 23.4 Å². The molecule has 0 saturated heterocycles. The van der Waals surface area contributed by atoms with E-state index in [1.807, 2.05) is 27.7 Å². The maximum absolute atomic E-state index is 12.5. The van der Waals surface area contributed by atoms with E-state index in [-0.39, 0.29) is 17.7 Å². The average Bonchev–Trinajstić information content (AvgIpc) is 2.45. The largest absolute Gasteiger partial charge is 0.341 e. The molecule has 1 rings (SSSR count). The van der Waals surface area contributed by atoms with Crippen LogP contribution in [0.1, 0.15) is 38.1 Å². The van der Waals surface area contributed by atoms with Crippen molar-refractivity contribution in [2.45, 2.75) is 33.7 Å². The smallest absolute Gasteiger partial charge is 0.253 e. The maximum Gasteiger partial charge on any atom is 0.253 e. The lowest BCUT2D eigenvalue weighted by Gasteiger charge is -2.28. The lowest BCUT2D eigenvalue weighted by atomic mass is 10.0. The molecule has 0 aliphatic carbocycles. The molecule has 0 aromatic heterocycles. The molecule has 116 valence electrons. The van der Waals surface area contributed by atoms with Crippen LogP contribution in [0.2, 0.25) is 5.02 Å². The number of amides is 2. The third-order valence-corrected chi connectivity index (χ3v) is 3.74. The average molecular weight is 311 g/mol. The number of nitrogens with zero attached hydrogens (tertiary/aromatic N) is 1. The van der Waals surface area contributed by atoms with Gasteiger partial charge in [-0.2, -0.15) is 0 Å². The van der Waals surface area contributed by atoms with Crippen molar-refractivity contribution in [1.29, 1.82) is 0 Å². The predicted molar refractivity (Wildman–Crippen MR) is 85.5 cm³/mol. The molecule has 1 aromatic carbocycles. The van der Waals surface area contributed by atoms with Crippen LogP contribution in [-0.4, -0.2) is 35.8 Å². The van der Waals surface area contributed by atoms with Crippen LogP contribution in [0.4, 0.5) is 0 Å². The highest BCUT2D eigenvalue weighted by Crippen LogP contribution is 2.16. The number of rotatable bonds is 6. The zero-order chi connectivity index (χ0) is 16.0. The van der Waals surface area contributed by atoms with E-state index in [1.54, 1.807) is 29.2 Å². The molecule has 1 unspecified atom stereocenters. The van der Waals surface area contributed by atoms with Gasteiger partial charge < -0.3 is 10.2 Å². The second-order valence-electron chi connectivity index (χ2n) is 5.19. The molecular formula is C16H23ClN2O2. The Bertz CT molecular complexity index is 499. The maximum atomic E-state index is 12.5. The van der Waals surface area contributed by atoms with Gasteiger partial charge in [0.05, 0.1) is 10.6 Å². The standard InChI is InChI=1S/C16H23ClN2O2/c1-5-19(6-2)16(21)14(11(3)4)18-15(20)12-9-7-8-10-13(12)17/h7-11,14H,5-6H2,1-4H3,(H,18,20). The summed E-state index contributed by atoms with van der Waals surface area (Å²) in [5, 5.41) is 3.19. The van der Waals surface area contributed by atoms with Crippen molar-refractivity contribution < 1.29 is 9.59 Å². The van der Waals surface area contributed by atoms with Gasteiger partial charge in [0.1, 0.15) is 6.04 Å². The van der Waals surface area contributed by atoms with E-state index in [1.165, 1.54) is 0 Å². The van der Waals surface area contributed by atoms with Gasteiger partial charge >= 0.3 is 0 Å². The van der Waals surface area contributed by atoms with Gasteiger partial charge in [0, 0.05) is 13.1 Å². The highest BCUT2D eigenvalue weighted by Gasteiger charge is 2.28. The van der Waals surface area contributed by atoms with Gasteiger partial charge in [-0.05, 0) is 31.9 Å². The van der Waals surface area contributed by atoms with Crippen molar-refractivity contribution in [1.82, 2.24) is 10.2 Å². The first-order chi connectivity index (χ1) is 9.92. The Morgan fingerprint density at radius 1 is 1.19 bits per heavy atom. The van der Waals surface area contributed by atoms with Crippen LogP contribution < -0.4 is 5.32 Å². The Morgan fingerprint density at radius 2 is 1.76 bits per heavy atom. The number of likely N-dealkylation sites (N-methyl/N-ethyl adjacent to an activating group) is 1. The number of nitrogens with one attached hydrogen (secondary N) is 1. The molecule has 0 radical (unpaired) electrons. The summed E-state index contributed by atoms with van der Waals surface area (Å²) < 4.78 is 0. The van der Waals surface area contributed by atoms with E-state index >= 15 is 0 Å². The molecule has 1 aromatic rings. The Hall–Kier alpha value is -1.55. The van der Waals surface area contributed by atoms with E-state index in [2.05, 4.69) is 5.32 Å². The molecular weight excluding hydrogens is 288 g/mol. The minimum atomic E-state index is -0.548. The molecule has 1 N–H and O–H groups in total. The molecule has 0 aliphatic heterocycles. The molecule has 0 saturated carbocycles. The van der Waals surface area contributed by atoms with E-state index in [0.29, 0.717) is 23.7 Å². The Kier molecular flexibility index (Phi) is 6.69. The summed E-state index contributed by atoms with van der Waals surface area (Å²) in [6.45, 7) is 8.93. The molecule has 1 atom stereocenters. The summed E-state index contributed by atoms with van der Waals surface area (Å²) in [6.07, 6.45) is 0. The van der Waals surface area contributed by atoms with Gasteiger partial charge in [0.2, 0.25) is 5.91 Å². The Balaban J connectivity index is 2.91. The molecule has 2 amide bonds. The van der Waals surface area contributed by atoms with Gasteiger partial charge in [0.25, 0.3) is 5.91 Å². The van der Waals surface area contributed by atoms with E-state index in [9.17, 15) is 9.59 Å². The zero-order valence-corrected chi connectivity index (χ0v) is 13.8. The van der Waals surface area contributed by atoms with Crippen LogP contribution >= 0.6 is 11.6 Å². The van der Waals surface area contributed by atoms with Gasteiger partial charge in [-0.1, -0.05) is 37.6 Å². The van der Waals surface area contributed by atoms with Crippen LogP contribution in [0, 0.1) is 5.92 Å². The lowest BCUT2D eigenvalue weighted by Crippen LogP contribution is -2.51. The molecule has 0 bridgehead atoms. The molecule has 0 aliphatic rings. The first-order valence-corrected chi connectivity index (χ1v) is 7.64. The summed E-state index contributed by atoms with van der Waals surface area (Å²) >= 11 is 6.02. The van der Waals surface area contributed by atoms with Gasteiger partial charge in [-0.15, -0.1) is 0 Å². The number of hydrogen-bond acceptors (Lipinski definition) is 2. The molecule has 21 heavy (non-hydrogen) atoms. The fourth-order valence-electron chi connectivity index (χ4n) is 2.11. The quantitative estimate of drug-likeness (QED) is 0.878. The number of carbonyl (C=O) groups excluding carboxylic acids is 2. The van der Waals surface area contributed by atoms with E-state index in [4.69, 9.17) is 11.6 Å². The Morgan fingerprint density at radius 3 is 2.24 bits per heavy atom. The van der Waals surface area contributed by atoms with E-state index < -0.39 is 6.04 Å². The van der Waals surface area contributed by atoms with Crippen molar-refractivity contribution in [3.63, 3.8) is 0 Å². The topological polar surface area (TPSA) is 49.4 Å². The normalized spacial score (nSPS) is 12.1. The number of carbonyl (C=O) groups is 2. The highest BCUT2D eigenvalue weighted by molar-refractivity contribution is 6.33. The zero-order valence-electron chi connectivity index (χ0n) is 13.0. The fourth-order valence-corrected chi connectivity index (χ4v) is 2.33. The Labute approximate surface area is 131 Å². The van der Waals surface area contributed by atoms with E-state index in [0.717, 1.165) is 0 Å². The monoisotopic (exact) mass is 310 g/mol. The summed E-state index contributed by atoms with van der Waals surface area (Å²) in [4.78, 5) is 26.5. The predicted octanol–water partition coefficient (Wildman–Crippen LogP) is 2.96. The van der Waals surface area contributed by atoms with Crippen LogP contribution in [0.3, 0.4) is 0 Å². The summed E-state index contributed by atoms with van der Waals surface area (Å²) in [5.74, 6) is -0.375. The lowest BCUT2D eigenvalue weighted by molar-refractivity contribution is -0.133. The van der Waals surface area contributed by atoms with Crippen LogP contribution in [-0.2, 0) is 4.79 Å². The second-order valence-corrected chi connectivity index (χ2v) is 5.59. The molecule has 0 fully saturated rings. The second kappa shape index (κ2) is 8.03. The number of benzene rings is 1. The van der Waals surface area contributed by atoms with Gasteiger partial charge in [-0.3, -0.25) is 9.59 Å². The third kappa shape index (κ3) is 4.46. The first-order valence-electron chi connectivity index (χ1n) is 7.26. The SMILES string of the molecule is CCN(CC)C(=O)C(NC(=O)c1ccccc1Cl)C(C)C. The summed E-state index contributed by atoms with van der Waals surface area (Å²) in [5.41, 5.74) is 0.386. The van der Waals surface area contributed by atoms with Crippen LogP contribution in [0.15, 0.2) is 24.3 Å². The van der Waals surface area contributed by atoms with Crippen LogP contribution in [0.25, 0.3) is 0 Å². The minimum Gasteiger partial charge on any atom is -0.341 e. The fraction of sp³-hybridized carbons (Fsp3) is 0.500. The number of halogens is 1. The molecule has 0 heterocycles. The van der Waals surface area contributed by atoms with Crippen molar-refractivity contribution in [2.75, 3.05) is 13.1 Å². The highest BCUT2D eigenvalue weighted by atomic mass is 35.5. The van der Waals surface area contributed by atoms with Crippen LogP contribution in [0.5, 0.6) is 0 Å². The summed E-state index contributed by atoms with van der Waals surface area (Å²) in [6, 6.07) is 6.27. The molecule has 4 nitrogen and oxygen atoms in total. The minimum absolute atomic E-state index is 0.00420. The first kappa shape index (κ1) is 17.5. The van der Waals surface area contributed by atoms with Crippen molar-refractivity contribution in [2.24, 2.45) is 5.92 Å². The number of hydrogen-bond donors (Lipinski definition) is 1. The third-order valence-electron chi connectivity index (χ3n) is 3.41. The van der Waals surface area contributed by atoms with Gasteiger partial charge in [-0.25, -0.2) is 0 Å². The molecule has 0 spiro atoms. The summed E-state index contributed by atoms with van der Waals surface area (Å²) in [7, 11) is 0. The van der Waals surface area contributed by atoms with Crippen molar-refractivity contribution in [3.05, 3.63) is 34.9 Å². The van der Waals surface area contributed by atoms with Crippen molar-refractivity contribution in [3.8, 4) is 0 Å².